The molecule has 1 aliphatic heterocycles. The Bertz CT molecular complexity index is 709. The minimum absolute atomic E-state index is 0.105. The average molecular weight is 324 g/mol. The number of aromatic nitrogens is 3. The predicted octanol–water partition coefficient (Wildman–Crippen LogP) is 3.09. The highest BCUT2D eigenvalue weighted by molar-refractivity contribution is 5.94. The van der Waals surface area contributed by atoms with E-state index in [0.29, 0.717) is 11.6 Å². The summed E-state index contributed by atoms with van der Waals surface area (Å²) in [5, 5.41) is 7.51. The van der Waals surface area contributed by atoms with E-state index in [0.717, 1.165) is 45.2 Å². The molecule has 4 rings (SSSR count). The summed E-state index contributed by atoms with van der Waals surface area (Å²) >= 11 is 0. The second-order valence-corrected chi connectivity index (χ2v) is 6.96. The van der Waals surface area contributed by atoms with E-state index in [1.54, 1.807) is 0 Å². The van der Waals surface area contributed by atoms with Crippen LogP contribution in [0.3, 0.4) is 0 Å². The lowest BCUT2D eigenvalue weighted by Crippen LogP contribution is -2.39. The highest BCUT2D eigenvalue weighted by Gasteiger charge is 2.29. The molecule has 0 bridgehead atoms. The average Bonchev–Trinajstić information content (AvgIpc) is 2.90. The molecule has 0 radical (unpaired) electrons. The maximum Gasteiger partial charge on any atom is 0.274 e. The fourth-order valence-electron chi connectivity index (χ4n) is 4.05. The van der Waals surface area contributed by atoms with Crippen LogP contribution in [0.25, 0.3) is 0 Å². The van der Waals surface area contributed by atoms with Gasteiger partial charge in [0.25, 0.3) is 5.91 Å². The number of H-pyrrole nitrogens is 1. The third-order valence-electron chi connectivity index (χ3n) is 5.40. The summed E-state index contributed by atoms with van der Waals surface area (Å²) in [6.07, 6.45) is 11.4. The van der Waals surface area contributed by atoms with Crippen molar-refractivity contribution in [1.29, 1.82) is 0 Å². The van der Waals surface area contributed by atoms with Crippen LogP contribution in [-0.2, 0) is 12.8 Å². The van der Waals surface area contributed by atoms with Crippen molar-refractivity contribution in [2.24, 2.45) is 0 Å². The Balaban J connectivity index is 1.53. The molecular formula is C19H24N4O. The number of rotatable bonds is 2. The molecule has 0 spiro atoms. The van der Waals surface area contributed by atoms with Crippen molar-refractivity contribution in [3.63, 3.8) is 0 Å². The van der Waals surface area contributed by atoms with Crippen LogP contribution in [0, 0.1) is 0 Å². The first-order valence-corrected chi connectivity index (χ1v) is 9.08. The van der Waals surface area contributed by atoms with Crippen molar-refractivity contribution in [2.75, 3.05) is 13.1 Å². The number of pyridine rings is 1. The molecule has 2 aromatic rings. The van der Waals surface area contributed by atoms with Gasteiger partial charge in [-0.1, -0.05) is 6.42 Å². The number of piperidine rings is 1. The smallest absolute Gasteiger partial charge is 0.274 e. The lowest BCUT2D eigenvalue weighted by molar-refractivity contribution is 0.0700. The fourth-order valence-corrected chi connectivity index (χ4v) is 4.05. The summed E-state index contributed by atoms with van der Waals surface area (Å²) in [5.74, 6) is 0.511. The monoisotopic (exact) mass is 324 g/mol. The molecule has 1 N–H and O–H groups in total. The lowest BCUT2D eigenvalue weighted by Gasteiger charge is -2.32. The Kier molecular flexibility index (Phi) is 4.32. The van der Waals surface area contributed by atoms with Crippen LogP contribution in [0.1, 0.15) is 65.3 Å². The van der Waals surface area contributed by atoms with Gasteiger partial charge in [0.05, 0.1) is 0 Å². The second kappa shape index (κ2) is 6.75. The van der Waals surface area contributed by atoms with Crippen LogP contribution in [0.4, 0.5) is 0 Å². The van der Waals surface area contributed by atoms with Crippen LogP contribution in [0.15, 0.2) is 24.5 Å². The number of hydrogen-bond acceptors (Lipinski definition) is 3. The van der Waals surface area contributed by atoms with Gasteiger partial charge < -0.3 is 4.90 Å². The molecule has 5 heteroatoms. The molecule has 1 fully saturated rings. The third kappa shape index (κ3) is 2.95. The SMILES string of the molecule is O=C(c1n[nH]c2c1CCCCC2)N1CCCC(c2ccncc2)C1. The molecule has 5 nitrogen and oxygen atoms in total. The molecule has 24 heavy (non-hydrogen) atoms. The van der Waals surface area contributed by atoms with Crippen molar-refractivity contribution in [1.82, 2.24) is 20.1 Å². The van der Waals surface area contributed by atoms with E-state index in [4.69, 9.17) is 0 Å². The number of fused-ring (bicyclic) bond motifs is 1. The summed E-state index contributed by atoms with van der Waals surface area (Å²) < 4.78 is 0. The van der Waals surface area contributed by atoms with Gasteiger partial charge in [-0.2, -0.15) is 5.10 Å². The number of carbonyl (C=O) groups is 1. The van der Waals surface area contributed by atoms with Crippen molar-refractivity contribution >= 4 is 5.91 Å². The molecule has 0 saturated carbocycles. The summed E-state index contributed by atoms with van der Waals surface area (Å²) in [4.78, 5) is 19.1. The van der Waals surface area contributed by atoms with Crippen LogP contribution >= 0.6 is 0 Å². The van der Waals surface area contributed by atoms with Crippen molar-refractivity contribution in [3.8, 4) is 0 Å². The molecule has 1 amide bonds. The Morgan fingerprint density at radius 1 is 1.12 bits per heavy atom. The number of likely N-dealkylation sites (tertiary alicyclic amines) is 1. The number of aryl methyl sites for hydroxylation is 1. The maximum atomic E-state index is 13.1. The molecule has 1 aliphatic carbocycles. The van der Waals surface area contributed by atoms with E-state index in [1.165, 1.54) is 29.7 Å². The van der Waals surface area contributed by atoms with Gasteiger partial charge in [0, 0.05) is 42.7 Å². The largest absolute Gasteiger partial charge is 0.337 e. The summed E-state index contributed by atoms with van der Waals surface area (Å²) in [6.45, 7) is 1.62. The molecule has 2 aromatic heterocycles. The van der Waals surface area contributed by atoms with E-state index in [1.807, 2.05) is 17.3 Å². The van der Waals surface area contributed by atoms with Crippen molar-refractivity contribution in [2.45, 2.75) is 50.9 Å². The third-order valence-corrected chi connectivity index (χ3v) is 5.40. The van der Waals surface area contributed by atoms with E-state index < -0.39 is 0 Å². The van der Waals surface area contributed by atoms with Gasteiger partial charge in [-0.15, -0.1) is 0 Å². The normalized spacial score (nSPS) is 21.2. The van der Waals surface area contributed by atoms with Gasteiger partial charge in [0.1, 0.15) is 0 Å². The number of carbonyl (C=O) groups excluding carboxylic acids is 1. The molecule has 1 saturated heterocycles. The van der Waals surface area contributed by atoms with E-state index in [2.05, 4.69) is 27.3 Å². The first-order valence-electron chi connectivity index (χ1n) is 9.08. The first-order chi connectivity index (χ1) is 11.8. The van der Waals surface area contributed by atoms with E-state index in [-0.39, 0.29) is 5.91 Å². The van der Waals surface area contributed by atoms with E-state index >= 15 is 0 Å². The van der Waals surface area contributed by atoms with Crippen LogP contribution in [-0.4, -0.2) is 39.1 Å². The zero-order valence-electron chi connectivity index (χ0n) is 14.0. The number of hydrogen-bond donors (Lipinski definition) is 1. The first kappa shape index (κ1) is 15.4. The lowest BCUT2D eigenvalue weighted by atomic mass is 9.91. The van der Waals surface area contributed by atoms with E-state index in [9.17, 15) is 4.79 Å². The van der Waals surface area contributed by atoms with Crippen LogP contribution < -0.4 is 0 Å². The van der Waals surface area contributed by atoms with Gasteiger partial charge in [0.2, 0.25) is 0 Å². The predicted molar refractivity (Wildman–Crippen MR) is 92.0 cm³/mol. The van der Waals surface area contributed by atoms with Gasteiger partial charge in [-0.3, -0.25) is 14.9 Å². The highest BCUT2D eigenvalue weighted by Crippen LogP contribution is 2.28. The molecular weight excluding hydrogens is 300 g/mol. The van der Waals surface area contributed by atoms with Gasteiger partial charge in [0.15, 0.2) is 5.69 Å². The van der Waals surface area contributed by atoms with Crippen LogP contribution in [0.2, 0.25) is 0 Å². The maximum absolute atomic E-state index is 13.1. The van der Waals surface area contributed by atoms with Crippen LogP contribution in [0.5, 0.6) is 0 Å². The standard InChI is InChI=1S/C19H24N4O/c24-19(18-16-6-2-1-3-7-17(16)21-22-18)23-12-4-5-15(13-23)14-8-10-20-11-9-14/h8-11,15H,1-7,12-13H2,(H,21,22). The topological polar surface area (TPSA) is 61.9 Å². The van der Waals surface area contributed by atoms with Crippen molar-refractivity contribution < 1.29 is 4.79 Å². The fraction of sp³-hybridized carbons (Fsp3) is 0.526. The molecule has 1 atom stereocenters. The van der Waals surface area contributed by atoms with Crippen molar-refractivity contribution in [3.05, 3.63) is 47.0 Å². The number of nitrogens with zero attached hydrogens (tertiary/aromatic N) is 3. The number of nitrogens with one attached hydrogen (secondary N) is 1. The number of aromatic amines is 1. The minimum Gasteiger partial charge on any atom is -0.337 e. The molecule has 2 aliphatic rings. The highest BCUT2D eigenvalue weighted by atomic mass is 16.2. The second-order valence-electron chi connectivity index (χ2n) is 6.96. The Hall–Kier alpha value is -2.17. The van der Waals surface area contributed by atoms with Gasteiger partial charge in [-0.25, -0.2) is 0 Å². The Morgan fingerprint density at radius 3 is 2.83 bits per heavy atom. The molecule has 3 heterocycles. The Morgan fingerprint density at radius 2 is 1.96 bits per heavy atom. The summed E-state index contributed by atoms with van der Waals surface area (Å²) in [5.41, 5.74) is 4.30. The summed E-state index contributed by atoms with van der Waals surface area (Å²) in [7, 11) is 0. The van der Waals surface area contributed by atoms with Gasteiger partial charge >= 0.3 is 0 Å². The minimum atomic E-state index is 0.105. The molecule has 126 valence electrons. The zero-order valence-corrected chi connectivity index (χ0v) is 14.0. The molecule has 0 aromatic carbocycles. The summed E-state index contributed by atoms with van der Waals surface area (Å²) in [6, 6.07) is 4.14. The van der Waals surface area contributed by atoms with Gasteiger partial charge in [-0.05, 0) is 56.2 Å². The Labute approximate surface area is 142 Å². The quantitative estimate of drug-likeness (QED) is 0.864. The molecule has 1 unspecified atom stereocenters. The zero-order chi connectivity index (χ0) is 16.4. The number of amides is 1.